The van der Waals surface area contributed by atoms with E-state index in [2.05, 4.69) is 44.9 Å². The zero-order valence-electron chi connectivity index (χ0n) is 18.4. The zero-order chi connectivity index (χ0) is 22.8. The van der Waals surface area contributed by atoms with E-state index in [1.807, 2.05) is 24.3 Å². The van der Waals surface area contributed by atoms with Crippen LogP contribution in [-0.4, -0.2) is 50.4 Å². The highest BCUT2D eigenvalue weighted by molar-refractivity contribution is 7.89. The van der Waals surface area contributed by atoms with E-state index < -0.39 is 10.0 Å². The van der Waals surface area contributed by atoms with Crippen molar-refractivity contribution in [3.05, 3.63) is 101 Å². The lowest BCUT2D eigenvalue weighted by atomic mass is 10.0. The maximum absolute atomic E-state index is 13.1. The third-order valence-electron chi connectivity index (χ3n) is 6.67. The second-order valence-electron chi connectivity index (χ2n) is 8.83. The lowest BCUT2D eigenvalue weighted by Gasteiger charge is -2.40. The number of fused-ring (bicyclic) bond motifs is 1. The van der Waals surface area contributed by atoms with Gasteiger partial charge in [-0.15, -0.1) is 0 Å². The molecule has 0 unspecified atom stereocenters. The van der Waals surface area contributed by atoms with Crippen LogP contribution in [0, 0.1) is 0 Å². The summed E-state index contributed by atoms with van der Waals surface area (Å²) in [6.07, 6.45) is 0.706. The Morgan fingerprint density at radius 2 is 1.52 bits per heavy atom. The fraction of sp³-hybridized carbons (Fsp3) is 0.308. The SMILES string of the molecule is O=S(=O)(N[C@@H]1Cc2ccccc2[C@@H]1N1CCN(Cc2ccc(Cl)cc2)CC1)c1ccccc1. The maximum atomic E-state index is 13.1. The topological polar surface area (TPSA) is 52.7 Å². The summed E-state index contributed by atoms with van der Waals surface area (Å²) in [7, 11) is -3.59. The van der Waals surface area contributed by atoms with Gasteiger partial charge in [0.05, 0.1) is 10.9 Å². The number of nitrogens with zero attached hydrogens (tertiary/aromatic N) is 2. The van der Waals surface area contributed by atoms with Crippen LogP contribution >= 0.6 is 11.6 Å². The quantitative estimate of drug-likeness (QED) is 0.576. The van der Waals surface area contributed by atoms with Crippen molar-refractivity contribution in [2.75, 3.05) is 26.2 Å². The van der Waals surface area contributed by atoms with Gasteiger partial charge in [-0.05, 0) is 47.4 Å². The second kappa shape index (κ2) is 9.57. The van der Waals surface area contributed by atoms with Crippen molar-refractivity contribution in [2.45, 2.75) is 29.9 Å². The first-order valence-electron chi connectivity index (χ1n) is 11.4. The molecule has 5 nitrogen and oxygen atoms in total. The number of sulfonamides is 1. The first-order valence-corrected chi connectivity index (χ1v) is 13.2. The molecule has 172 valence electrons. The van der Waals surface area contributed by atoms with E-state index in [1.54, 1.807) is 24.3 Å². The summed E-state index contributed by atoms with van der Waals surface area (Å²) in [5, 5.41) is 0.757. The fourth-order valence-electron chi connectivity index (χ4n) is 5.05. The van der Waals surface area contributed by atoms with Crippen molar-refractivity contribution >= 4 is 21.6 Å². The minimum absolute atomic E-state index is 0.0392. The molecule has 1 heterocycles. The Hall–Kier alpha value is -2.22. The fourth-order valence-corrected chi connectivity index (χ4v) is 6.43. The van der Waals surface area contributed by atoms with Crippen LogP contribution in [0.3, 0.4) is 0 Å². The largest absolute Gasteiger partial charge is 0.297 e. The van der Waals surface area contributed by atoms with Gasteiger partial charge in [-0.1, -0.05) is 66.2 Å². The Morgan fingerprint density at radius 1 is 0.848 bits per heavy atom. The molecule has 33 heavy (non-hydrogen) atoms. The minimum Gasteiger partial charge on any atom is -0.297 e. The molecule has 0 radical (unpaired) electrons. The van der Waals surface area contributed by atoms with Crippen LogP contribution in [0.4, 0.5) is 0 Å². The molecule has 2 atom stereocenters. The number of piperazine rings is 1. The van der Waals surface area contributed by atoms with Crippen LogP contribution in [0.25, 0.3) is 0 Å². The number of hydrogen-bond acceptors (Lipinski definition) is 4. The highest BCUT2D eigenvalue weighted by Gasteiger charge is 2.39. The van der Waals surface area contributed by atoms with Gasteiger partial charge in [0.25, 0.3) is 0 Å². The molecule has 1 saturated heterocycles. The smallest absolute Gasteiger partial charge is 0.240 e. The third kappa shape index (κ3) is 5.00. The molecule has 0 saturated carbocycles. The molecule has 2 aliphatic rings. The lowest BCUT2D eigenvalue weighted by molar-refractivity contribution is 0.0829. The molecule has 5 rings (SSSR count). The van der Waals surface area contributed by atoms with E-state index in [-0.39, 0.29) is 12.1 Å². The van der Waals surface area contributed by atoms with Crippen molar-refractivity contribution in [2.24, 2.45) is 0 Å². The Bertz CT molecular complexity index is 1190. The first kappa shape index (κ1) is 22.6. The number of nitrogens with one attached hydrogen (secondary N) is 1. The molecular weight excluding hydrogens is 454 g/mol. The summed E-state index contributed by atoms with van der Waals surface area (Å²) >= 11 is 6.02. The van der Waals surface area contributed by atoms with Crippen LogP contribution < -0.4 is 4.72 Å². The molecular formula is C26H28ClN3O2S. The Morgan fingerprint density at radius 3 is 2.24 bits per heavy atom. The molecule has 3 aromatic rings. The Balaban J connectivity index is 1.31. The summed E-state index contributed by atoms with van der Waals surface area (Å²) in [4.78, 5) is 5.21. The normalized spacial score (nSPS) is 21.7. The molecule has 3 aromatic carbocycles. The van der Waals surface area contributed by atoms with Gasteiger partial charge in [0.2, 0.25) is 10.0 Å². The molecule has 0 amide bonds. The van der Waals surface area contributed by atoms with E-state index in [1.165, 1.54) is 16.7 Å². The van der Waals surface area contributed by atoms with Crippen molar-refractivity contribution in [3.8, 4) is 0 Å². The second-order valence-corrected chi connectivity index (χ2v) is 11.0. The van der Waals surface area contributed by atoms with Crippen molar-refractivity contribution in [3.63, 3.8) is 0 Å². The van der Waals surface area contributed by atoms with E-state index in [0.29, 0.717) is 11.3 Å². The monoisotopic (exact) mass is 481 g/mol. The molecule has 0 aromatic heterocycles. The van der Waals surface area contributed by atoms with E-state index in [9.17, 15) is 8.42 Å². The van der Waals surface area contributed by atoms with Crippen LogP contribution in [-0.2, 0) is 23.0 Å². The predicted octanol–water partition coefficient (Wildman–Crippen LogP) is 4.10. The van der Waals surface area contributed by atoms with Gasteiger partial charge in [0, 0.05) is 43.8 Å². The first-order chi connectivity index (χ1) is 16.0. The van der Waals surface area contributed by atoms with Crippen LogP contribution in [0.5, 0.6) is 0 Å². The molecule has 1 N–H and O–H groups in total. The zero-order valence-corrected chi connectivity index (χ0v) is 20.0. The maximum Gasteiger partial charge on any atom is 0.240 e. The predicted molar refractivity (Wildman–Crippen MR) is 132 cm³/mol. The average molecular weight is 482 g/mol. The summed E-state index contributed by atoms with van der Waals surface area (Å²) in [6.45, 7) is 4.58. The van der Waals surface area contributed by atoms with E-state index >= 15 is 0 Å². The third-order valence-corrected chi connectivity index (χ3v) is 8.43. The Kier molecular flexibility index (Phi) is 6.54. The van der Waals surface area contributed by atoms with Gasteiger partial charge in [0.15, 0.2) is 0 Å². The summed E-state index contributed by atoms with van der Waals surface area (Å²) in [6, 6.07) is 24.9. The van der Waals surface area contributed by atoms with Crippen LogP contribution in [0.15, 0.2) is 83.8 Å². The standard InChI is InChI=1S/C26H28ClN3O2S/c27-22-12-10-20(11-13-22)19-29-14-16-30(17-15-29)26-24-9-5-4-6-21(24)18-25(26)28-33(31,32)23-7-2-1-3-8-23/h1-13,25-26,28H,14-19H2/t25-,26+/m1/s1. The molecule has 1 aliphatic carbocycles. The molecule has 7 heteroatoms. The molecule has 1 aliphatic heterocycles. The highest BCUT2D eigenvalue weighted by Crippen LogP contribution is 2.37. The molecule has 1 fully saturated rings. The van der Waals surface area contributed by atoms with Gasteiger partial charge in [0.1, 0.15) is 0 Å². The van der Waals surface area contributed by atoms with Gasteiger partial charge in [-0.3, -0.25) is 9.80 Å². The number of benzene rings is 3. The average Bonchev–Trinajstić information content (AvgIpc) is 3.19. The lowest BCUT2D eigenvalue weighted by Crippen LogP contribution is -2.51. The van der Waals surface area contributed by atoms with Gasteiger partial charge in [-0.25, -0.2) is 13.1 Å². The molecule has 0 spiro atoms. The van der Waals surface area contributed by atoms with Crippen LogP contribution in [0.2, 0.25) is 5.02 Å². The summed E-state index contributed by atoms with van der Waals surface area (Å²) in [5.74, 6) is 0. The minimum atomic E-state index is -3.59. The van der Waals surface area contributed by atoms with E-state index in [4.69, 9.17) is 11.6 Å². The summed E-state index contributed by atoms with van der Waals surface area (Å²) < 4.78 is 29.2. The van der Waals surface area contributed by atoms with Crippen molar-refractivity contribution < 1.29 is 8.42 Å². The van der Waals surface area contributed by atoms with Crippen molar-refractivity contribution in [1.82, 2.24) is 14.5 Å². The number of halogens is 1. The number of hydrogen-bond donors (Lipinski definition) is 1. The van der Waals surface area contributed by atoms with E-state index in [0.717, 1.165) is 37.7 Å². The van der Waals surface area contributed by atoms with Gasteiger partial charge >= 0.3 is 0 Å². The Labute approximate surface area is 201 Å². The van der Waals surface area contributed by atoms with Gasteiger partial charge in [-0.2, -0.15) is 0 Å². The van der Waals surface area contributed by atoms with Crippen molar-refractivity contribution in [1.29, 1.82) is 0 Å². The summed E-state index contributed by atoms with van der Waals surface area (Å²) in [5.41, 5.74) is 3.73. The molecule has 0 bridgehead atoms. The highest BCUT2D eigenvalue weighted by atomic mass is 35.5. The number of rotatable bonds is 6. The van der Waals surface area contributed by atoms with Crippen LogP contribution in [0.1, 0.15) is 22.7 Å². The van der Waals surface area contributed by atoms with Gasteiger partial charge < -0.3 is 0 Å².